The monoisotopic (exact) mass is 416 g/mol. The number of esters is 1. The number of nitrogens with two attached hydrogens (primary N) is 3. The van der Waals surface area contributed by atoms with Crippen LogP contribution in [-0.4, -0.2) is 29.6 Å². The number of ether oxygens (including phenoxy) is 1. The van der Waals surface area contributed by atoms with Gasteiger partial charge in [0.2, 0.25) is 0 Å². The fraction of sp³-hybridized carbons (Fsp3) is 0.682. The molecule has 0 saturated heterocycles. The zero-order valence-electron chi connectivity index (χ0n) is 18.2. The third-order valence-corrected chi connectivity index (χ3v) is 7.17. The van der Waals surface area contributed by atoms with Crippen LogP contribution in [0, 0.1) is 11.3 Å². The van der Waals surface area contributed by atoms with Gasteiger partial charge in [-0.05, 0) is 81.8 Å². The predicted molar refractivity (Wildman–Crippen MR) is 118 cm³/mol. The van der Waals surface area contributed by atoms with Crippen molar-refractivity contribution >= 4 is 17.5 Å². The van der Waals surface area contributed by atoms with E-state index in [0.717, 1.165) is 31.4 Å². The topological polar surface area (TPSA) is 142 Å². The average molecular weight is 417 g/mol. The summed E-state index contributed by atoms with van der Waals surface area (Å²) in [6.45, 7) is 1.66. The largest absolute Gasteiger partial charge is 0.469 e. The van der Waals surface area contributed by atoms with Gasteiger partial charge in [0.25, 0.3) is 0 Å². The summed E-state index contributed by atoms with van der Waals surface area (Å²) < 4.78 is 4.83. The van der Waals surface area contributed by atoms with Gasteiger partial charge in [-0.3, -0.25) is 15.6 Å². The van der Waals surface area contributed by atoms with Crippen molar-refractivity contribution < 1.29 is 9.53 Å². The molecule has 1 heterocycles. The maximum Gasteiger partial charge on any atom is 0.305 e. The molecule has 1 aromatic rings. The van der Waals surface area contributed by atoms with E-state index in [4.69, 9.17) is 22.0 Å². The first-order chi connectivity index (χ1) is 14.3. The number of rotatable bonds is 6. The highest BCUT2D eigenvalue weighted by Gasteiger charge is 2.39. The number of hydrogen-bond donors (Lipinski definition) is 4. The second kappa shape index (κ2) is 9.41. The Labute approximate surface area is 179 Å². The molecule has 0 aliphatic heterocycles. The molecule has 30 heavy (non-hydrogen) atoms. The molecule has 8 heteroatoms. The SMILES string of the molecule is COC(=O)CC1CCC2(CC1)CCC(c1ccc(N=C(N)C(C)(N)NN)cn1)CC2. The number of nitrogens with one attached hydrogen (secondary N) is 1. The lowest BCUT2D eigenvalue weighted by molar-refractivity contribution is -0.142. The molecule has 2 fully saturated rings. The highest BCUT2D eigenvalue weighted by atomic mass is 16.5. The van der Waals surface area contributed by atoms with E-state index in [2.05, 4.69) is 15.4 Å². The second-order valence-corrected chi connectivity index (χ2v) is 9.28. The van der Waals surface area contributed by atoms with Gasteiger partial charge >= 0.3 is 5.97 Å². The van der Waals surface area contributed by atoms with Crippen LogP contribution in [0.4, 0.5) is 5.69 Å². The van der Waals surface area contributed by atoms with Crippen LogP contribution in [-0.2, 0) is 9.53 Å². The van der Waals surface area contributed by atoms with E-state index in [0.29, 0.717) is 29.4 Å². The Balaban J connectivity index is 1.53. The van der Waals surface area contributed by atoms with Crippen LogP contribution in [0.1, 0.15) is 76.3 Å². The van der Waals surface area contributed by atoms with Crippen molar-refractivity contribution in [2.45, 2.75) is 76.3 Å². The Morgan fingerprint density at radius 2 is 1.90 bits per heavy atom. The standard InChI is InChI=1S/C22H36N6O2/c1-21(24,28-25)20(23)27-17-3-4-18(26-14-17)16-7-11-22(12-8-16)9-5-15(6-10-22)13-19(29)30-2/h3-4,14-16,28H,5-13,24-25H2,1-2H3,(H2,23,27). The van der Waals surface area contributed by atoms with Gasteiger partial charge in [0.1, 0.15) is 11.5 Å². The Bertz CT molecular complexity index is 743. The van der Waals surface area contributed by atoms with E-state index < -0.39 is 5.66 Å². The Morgan fingerprint density at radius 1 is 1.27 bits per heavy atom. The van der Waals surface area contributed by atoms with E-state index in [1.54, 1.807) is 13.1 Å². The molecule has 0 amide bonds. The quantitative estimate of drug-likeness (QED) is 0.139. The summed E-state index contributed by atoms with van der Waals surface area (Å²) in [5.41, 5.74) is 15.5. The van der Waals surface area contributed by atoms with Crippen molar-refractivity contribution in [2.75, 3.05) is 7.11 Å². The first kappa shape index (κ1) is 22.7. The van der Waals surface area contributed by atoms with Crippen LogP contribution in [0.5, 0.6) is 0 Å². The van der Waals surface area contributed by atoms with E-state index >= 15 is 0 Å². The fourth-order valence-electron chi connectivity index (χ4n) is 4.87. The molecule has 0 radical (unpaired) electrons. The van der Waals surface area contributed by atoms with Crippen LogP contribution in [0.25, 0.3) is 0 Å². The number of amidine groups is 1. The summed E-state index contributed by atoms with van der Waals surface area (Å²) in [5.74, 6) is 6.52. The summed E-state index contributed by atoms with van der Waals surface area (Å²) in [6.07, 6.45) is 11.9. The molecule has 1 atom stereocenters. The highest BCUT2D eigenvalue weighted by molar-refractivity contribution is 5.90. The van der Waals surface area contributed by atoms with Gasteiger partial charge in [-0.1, -0.05) is 0 Å². The maximum absolute atomic E-state index is 11.5. The van der Waals surface area contributed by atoms with Crippen molar-refractivity contribution in [3.8, 4) is 0 Å². The minimum Gasteiger partial charge on any atom is -0.469 e. The Hall–Kier alpha value is -2.03. The van der Waals surface area contributed by atoms with E-state index in [1.807, 2.05) is 12.1 Å². The summed E-state index contributed by atoms with van der Waals surface area (Å²) in [6, 6.07) is 3.98. The predicted octanol–water partition coefficient (Wildman–Crippen LogP) is 2.61. The molecular weight excluding hydrogens is 380 g/mol. The molecule has 0 aromatic carbocycles. The summed E-state index contributed by atoms with van der Waals surface area (Å²) in [7, 11) is 1.47. The highest BCUT2D eigenvalue weighted by Crippen LogP contribution is 2.52. The van der Waals surface area contributed by atoms with Crippen LogP contribution in [0.15, 0.2) is 23.3 Å². The van der Waals surface area contributed by atoms with E-state index in [9.17, 15) is 4.79 Å². The van der Waals surface area contributed by atoms with Crippen molar-refractivity contribution in [1.29, 1.82) is 0 Å². The van der Waals surface area contributed by atoms with Crippen LogP contribution in [0.3, 0.4) is 0 Å². The Kier molecular flexibility index (Phi) is 7.10. The van der Waals surface area contributed by atoms with Gasteiger partial charge in [-0.2, -0.15) is 0 Å². The number of aromatic nitrogens is 1. The third-order valence-electron chi connectivity index (χ3n) is 7.17. The van der Waals surface area contributed by atoms with E-state index in [1.165, 1.54) is 32.8 Å². The first-order valence-corrected chi connectivity index (χ1v) is 10.9. The van der Waals surface area contributed by atoms with Gasteiger partial charge in [0.15, 0.2) is 0 Å². The lowest BCUT2D eigenvalue weighted by Crippen LogP contribution is -2.62. The Morgan fingerprint density at radius 3 is 2.43 bits per heavy atom. The number of aliphatic imine (C=N–C) groups is 1. The van der Waals surface area contributed by atoms with E-state index in [-0.39, 0.29) is 11.8 Å². The van der Waals surface area contributed by atoms with Gasteiger partial charge < -0.3 is 16.2 Å². The van der Waals surface area contributed by atoms with Gasteiger partial charge in [-0.25, -0.2) is 10.4 Å². The zero-order valence-corrected chi connectivity index (χ0v) is 18.2. The number of pyridine rings is 1. The van der Waals surface area contributed by atoms with Gasteiger partial charge in [0.05, 0.1) is 19.0 Å². The molecule has 3 rings (SSSR count). The van der Waals surface area contributed by atoms with Gasteiger partial charge in [0, 0.05) is 18.0 Å². The third kappa shape index (κ3) is 5.36. The summed E-state index contributed by atoms with van der Waals surface area (Å²) >= 11 is 0. The normalized spacial score (nSPS) is 29.4. The molecule has 166 valence electrons. The first-order valence-electron chi connectivity index (χ1n) is 10.9. The minimum atomic E-state index is -1.06. The molecule has 2 aliphatic carbocycles. The molecule has 8 nitrogen and oxygen atoms in total. The van der Waals surface area contributed by atoms with Crippen molar-refractivity contribution in [3.05, 3.63) is 24.0 Å². The number of methoxy groups -OCH3 is 1. The van der Waals surface area contributed by atoms with Crippen LogP contribution < -0.4 is 22.7 Å². The molecule has 1 spiro atoms. The molecule has 1 aromatic heterocycles. The number of nitrogens with zero attached hydrogens (tertiary/aromatic N) is 2. The molecule has 7 N–H and O–H groups in total. The summed E-state index contributed by atoms with van der Waals surface area (Å²) in [5, 5.41) is 0. The number of carbonyl (C=O) groups excluding carboxylic acids is 1. The lowest BCUT2D eigenvalue weighted by Gasteiger charge is -2.44. The van der Waals surface area contributed by atoms with Crippen LogP contribution in [0.2, 0.25) is 0 Å². The average Bonchev–Trinajstić information content (AvgIpc) is 2.76. The maximum atomic E-state index is 11.5. The van der Waals surface area contributed by atoms with Crippen LogP contribution >= 0.6 is 0 Å². The molecule has 0 bridgehead atoms. The van der Waals surface area contributed by atoms with Crippen molar-refractivity contribution in [1.82, 2.24) is 10.4 Å². The summed E-state index contributed by atoms with van der Waals surface area (Å²) in [4.78, 5) is 20.5. The number of carbonyl (C=O) groups is 1. The second-order valence-electron chi connectivity index (χ2n) is 9.28. The molecular formula is C22H36N6O2. The lowest BCUT2D eigenvalue weighted by atomic mass is 9.61. The molecule has 2 aliphatic rings. The van der Waals surface area contributed by atoms with Gasteiger partial charge in [-0.15, -0.1) is 0 Å². The number of hydrazine groups is 1. The molecule has 1 unspecified atom stereocenters. The van der Waals surface area contributed by atoms with Crippen molar-refractivity contribution in [2.24, 2.45) is 33.6 Å². The molecule has 2 saturated carbocycles. The smallest absolute Gasteiger partial charge is 0.305 e. The fourth-order valence-corrected chi connectivity index (χ4v) is 4.87. The zero-order chi connectivity index (χ0) is 21.8. The number of hydrogen-bond acceptors (Lipinski definition) is 7. The minimum absolute atomic E-state index is 0.0735. The van der Waals surface area contributed by atoms with Crippen molar-refractivity contribution in [3.63, 3.8) is 0 Å².